The van der Waals surface area contributed by atoms with Crippen molar-refractivity contribution in [2.45, 2.75) is 32.7 Å². The molecule has 1 N–H and O–H groups in total. The van der Waals surface area contributed by atoms with Crippen molar-refractivity contribution in [2.24, 2.45) is 0 Å². The van der Waals surface area contributed by atoms with Crippen LogP contribution in [-0.4, -0.2) is 22.5 Å². The summed E-state index contributed by atoms with van der Waals surface area (Å²) >= 11 is 1.67. The average Bonchev–Trinajstić information content (AvgIpc) is 3.20. The smallest absolute Gasteiger partial charge is 0.317 e. The second-order valence-electron chi connectivity index (χ2n) is 6.55. The van der Waals surface area contributed by atoms with Crippen LogP contribution in [0.15, 0.2) is 42.5 Å². The number of hydrogen-bond acceptors (Lipinski definition) is 3. The third kappa shape index (κ3) is 3.12. The molecule has 0 unspecified atom stereocenters. The minimum absolute atomic E-state index is 0.0305. The number of thiazole rings is 1. The lowest BCUT2D eigenvalue weighted by Gasteiger charge is -2.26. The van der Waals surface area contributed by atoms with E-state index in [1.54, 1.807) is 11.3 Å². The highest BCUT2D eigenvalue weighted by Crippen LogP contribution is 2.34. The highest BCUT2D eigenvalue weighted by molar-refractivity contribution is 7.18. The van der Waals surface area contributed by atoms with Crippen molar-refractivity contribution >= 4 is 33.3 Å². The van der Waals surface area contributed by atoms with Crippen molar-refractivity contribution < 1.29 is 4.79 Å². The number of carbonyl (C=O) groups is 1. The van der Waals surface area contributed by atoms with E-state index in [1.165, 1.54) is 11.1 Å². The predicted molar refractivity (Wildman–Crippen MR) is 103 cm³/mol. The number of benzene rings is 2. The number of nitrogens with zero attached hydrogens (tertiary/aromatic N) is 2. The molecule has 2 aromatic carbocycles. The van der Waals surface area contributed by atoms with Crippen LogP contribution in [0.3, 0.4) is 0 Å². The Labute approximate surface area is 151 Å². The molecule has 128 valence electrons. The molecular formula is C20H21N3OS. The molecule has 1 atom stereocenters. The molecule has 0 bridgehead atoms. The molecule has 0 saturated carbocycles. The largest absolute Gasteiger partial charge is 0.322 e. The van der Waals surface area contributed by atoms with Crippen molar-refractivity contribution in [3.63, 3.8) is 0 Å². The summed E-state index contributed by atoms with van der Waals surface area (Å²) in [5.41, 5.74) is 4.24. The first-order valence-corrected chi connectivity index (χ1v) is 9.44. The number of hydrogen-bond donors (Lipinski definition) is 1. The van der Waals surface area contributed by atoms with Crippen molar-refractivity contribution in [1.29, 1.82) is 0 Å². The van der Waals surface area contributed by atoms with Crippen LogP contribution >= 0.6 is 11.3 Å². The zero-order valence-electron chi connectivity index (χ0n) is 14.5. The lowest BCUT2D eigenvalue weighted by molar-refractivity contribution is 0.207. The van der Waals surface area contributed by atoms with Gasteiger partial charge in [0, 0.05) is 12.2 Å². The summed E-state index contributed by atoms with van der Waals surface area (Å²) in [7, 11) is 0. The van der Waals surface area contributed by atoms with Crippen molar-refractivity contribution in [1.82, 2.24) is 9.88 Å². The van der Waals surface area contributed by atoms with E-state index in [4.69, 9.17) is 0 Å². The van der Waals surface area contributed by atoms with Crippen LogP contribution in [0.1, 0.15) is 35.0 Å². The summed E-state index contributed by atoms with van der Waals surface area (Å²) in [6, 6.07) is 14.4. The summed E-state index contributed by atoms with van der Waals surface area (Å²) in [5, 5.41) is 4.10. The van der Waals surface area contributed by atoms with Gasteiger partial charge < -0.3 is 10.2 Å². The van der Waals surface area contributed by atoms with E-state index in [-0.39, 0.29) is 12.1 Å². The second-order valence-corrected chi connectivity index (χ2v) is 7.79. The highest BCUT2D eigenvalue weighted by Gasteiger charge is 2.30. The fourth-order valence-electron chi connectivity index (χ4n) is 3.61. The molecule has 4 rings (SSSR count). The molecule has 1 aromatic heterocycles. The molecule has 5 heteroatoms. The summed E-state index contributed by atoms with van der Waals surface area (Å²) in [5.74, 6) is 0. The summed E-state index contributed by atoms with van der Waals surface area (Å²) in [6.45, 7) is 4.91. The van der Waals surface area contributed by atoms with Crippen LogP contribution in [0.25, 0.3) is 10.2 Å². The number of aryl methyl sites for hydroxylation is 2. The van der Waals surface area contributed by atoms with Gasteiger partial charge in [-0.2, -0.15) is 0 Å². The van der Waals surface area contributed by atoms with Gasteiger partial charge in [-0.05, 0) is 56.0 Å². The fraction of sp³-hybridized carbons (Fsp3) is 0.300. The number of carbonyl (C=O) groups excluding carboxylic acids is 1. The molecule has 0 radical (unpaired) electrons. The zero-order chi connectivity index (χ0) is 17.4. The zero-order valence-corrected chi connectivity index (χ0v) is 15.3. The average molecular weight is 351 g/mol. The van der Waals surface area contributed by atoms with Crippen molar-refractivity contribution in [3.05, 3.63) is 58.6 Å². The van der Waals surface area contributed by atoms with E-state index in [2.05, 4.69) is 35.4 Å². The molecule has 1 aliphatic heterocycles. The van der Waals surface area contributed by atoms with Crippen LogP contribution in [0.4, 0.5) is 10.5 Å². The first kappa shape index (κ1) is 16.1. The standard InChI is InChI=1S/C20H21N3OS/c1-13-6-3-4-7-16(13)18-8-5-11-23(18)20(24)22-15-9-10-19-17(12-15)21-14(2)25-19/h3-4,6-7,9-10,12,18H,5,8,11H2,1-2H3,(H,22,24)/t18-/m0/s1. The Hall–Kier alpha value is -2.40. The normalized spacial score (nSPS) is 17.2. The molecule has 3 aromatic rings. The summed E-state index contributed by atoms with van der Waals surface area (Å²) in [4.78, 5) is 19.3. The highest BCUT2D eigenvalue weighted by atomic mass is 32.1. The lowest BCUT2D eigenvalue weighted by atomic mass is 9.99. The molecule has 0 spiro atoms. The minimum Gasteiger partial charge on any atom is -0.317 e. The Bertz CT molecular complexity index is 934. The number of fused-ring (bicyclic) bond motifs is 1. The van der Waals surface area contributed by atoms with Gasteiger partial charge in [0.25, 0.3) is 0 Å². The minimum atomic E-state index is -0.0305. The van der Waals surface area contributed by atoms with Gasteiger partial charge in [0.2, 0.25) is 0 Å². The second kappa shape index (κ2) is 6.48. The number of likely N-dealkylation sites (tertiary alicyclic amines) is 1. The van der Waals surface area contributed by atoms with Crippen LogP contribution in [0.5, 0.6) is 0 Å². The van der Waals surface area contributed by atoms with Gasteiger partial charge in [0.15, 0.2) is 0 Å². The van der Waals surface area contributed by atoms with Gasteiger partial charge in [-0.1, -0.05) is 24.3 Å². The number of aromatic nitrogens is 1. The Morgan fingerprint density at radius 1 is 1.24 bits per heavy atom. The van der Waals surface area contributed by atoms with E-state index >= 15 is 0 Å². The molecule has 1 fully saturated rings. The van der Waals surface area contributed by atoms with E-state index in [9.17, 15) is 4.79 Å². The van der Waals surface area contributed by atoms with Gasteiger partial charge in [0.1, 0.15) is 0 Å². The molecule has 2 amide bonds. The van der Waals surface area contributed by atoms with E-state index in [1.807, 2.05) is 36.1 Å². The Morgan fingerprint density at radius 3 is 2.92 bits per heavy atom. The van der Waals surface area contributed by atoms with Crippen molar-refractivity contribution in [3.8, 4) is 0 Å². The van der Waals surface area contributed by atoms with Crippen LogP contribution in [0, 0.1) is 13.8 Å². The SMILES string of the molecule is Cc1nc2cc(NC(=O)N3CCC[C@H]3c3ccccc3C)ccc2s1. The number of rotatable bonds is 2. The number of urea groups is 1. The molecule has 4 nitrogen and oxygen atoms in total. The fourth-order valence-corrected chi connectivity index (χ4v) is 4.42. The first-order valence-electron chi connectivity index (χ1n) is 8.62. The quantitative estimate of drug-likeness (QED) is 0.682. The monoisotopic (exact) mass is 351 g/mol. The van der Waals surface area contributed by atoms with Gasteiger partial charge in [0.05, 0.1) is 21.3 Å². The maximum atomic E-state index is 12.8. The summed E-state index contributed by atoms with van der Waals surface area (Å²) < 4.78 is 1.15. The Kier molecular flexibility index (Phi) is 4.17. The number of anilines is 1. The predicted octanol–water partition coefficient (Wildman–Crippen LogP) is 5.28. The number of amides is 2. The molecule has 1 aliphatic rings. The lowest BCUT2D eigenvalue weighted by Crippen LogP contribution is -2.34. The van der Waals surface area contributed by atoms with Gasteiger partial charge in [-0.15, -0.1) is 11.3 Å². The maximum absolute atomic E-state index is 12.8. The third-order valence-electron chi connectivity index (χ3n) is 4.81. The Morgan fingerprint density at radius 2 is 2.08 bits per heavy atom. The van der Waals surface area contributed by atoms with E-state index < -0.39 is 0 Å². The molecular weight excluding hydrogens is 330 g/mol. The molecule has 1 saturated heterocycles. The van der Waals surface area contributed by atoms with Gasteiger partial charge in [-0.3, -0.25) is 0 Å². The molecule has 0 aliphatic carbocycles. The summed E-state index contributed by atoms with van der Waals surface area (Å²) in [6.07, 6.45) is 2.05. The Balaban J connectivity index is 1.55. The topological polar surface area (TPSA) is 45.2 Å². The maximum Gasteiger partial charge on any atom is 0.322 e. The van der Waals surface area contributed by atoms with Crippen LogP contribution < -0.4 is 5.32 Å². The first-order chi connectivity index (χ1) is 12.1. The van der Waals surface area contributed by atoms with E-state index in [0.29, 0.717) is 0 Å². The molecule has 2 heterocycles. The van der Waals surface area contributed by atoms with Gasteiger partial charge >= 0.3 is 6.03 Å². The molecule has 25 heavy (non-hydrogen) atoms. The van der Waals surface area contributed by atoms with Crippen molar-refractivity contribution in [2.75, 3.05) is 11.9 Å². The third-order valence-corrected chi connectivity index (χ3v) is 5.76. The van der Waals surface area contributed by atoms with Crippen LogP contribution in [-0.2, 0) is 0 Å². The number of nitrogens with one attached hydrogen (secondary N) is 1. The van der Waals surface area contributed by atoms with Crippen LogP contribution in [0.2, 0.25) is 0 Å². The van der Waals surface area contributed by atoms with Gasteiger partial charge in [-0.25, -0.2) is 9.78 Å². The van der Waals surface area contributed by atoms with E-state index in [0.717, 1.165) is 40.3 Å².